The molecule has 31 heavy (non-hydrogen) atoms. The highest BCUT2D eigenvalue weighted by atomic mass is 32.1. The standard InChI is InChI=1S/C21H19F3N6S/c22-21(23,24)8-16-5-17-18(27-12-28-19(17)31-16)30-4-3-20(11-30)6-15(7-20)29-14-2-1-13(9-25)26-10-14/h1-2,5,10,12,15,29H,3-4,6-8,11H2. The Morgan fingerprint density at radius 1 is 1.26 bits per heavy atom. The Labute approximate surface area is 180 Å². The third kappa shape index (κ3) is 4.02. The summed E-state index contributed by atoms with van der Waals surface area (Å²) < 4.78 is 38.4. The van der Waals surface area contributed by atoms with Crippen molar-refractivity contribution >= 4 is 33.1 Å². The lowest BCUT2D eigenvalue weighted by Crippen LogP contribution is -2.46. The summed E-state index contributed by atoms with van der Waals surface area (Å²) in [6, 6.07) is 7.51. The Morgan fingerprint density at radius 3 is 2.81 bits per heavy atom. The number of hydrogen-bond donors (Lipinski definition) is 1. The van der Waals surface area contributed by atoms with E-state index in [1.807, 2.05) is 12.1 Å². The molecule has 0 radical (unpaired) electrons. The summed E-state index contributed by atoms with van der Waals surface area (Å²) in [5.74, 6) is 0.735. The Hall–Kier alpha value is -2.93. The zero-order valence-electron chi connectivity index (χ0n) is 16.5. The molecular weight excluding hydrogens is 425 g/mol. The first-order valence-corrected chi connectivity index (χ1v) is 10.8. The molecule has 3 aromatic heterocycles. The van der Waals surface area contributed by atoms with Crippen LogP contribution in [-0.4, -0.2) is 40.3 Å². The summed E-state index contributed by atoms with van der Waals surface area (Å²) in [5, 5.41) is 13.0. The number of alkyl halides is 3. The van der Waals surface area contributed by atoms with Gasteiger partial charge in [0.1, 0.15) is 28.7 Å². The fourth-order valence-corrected chi connectivity index (χ4v) is 5.77. The molecule has 160 valence electrons. The van der Waals surface area contributed by atoms with Gasteiger partial charge in [-0.15, -0.1) is 11.3 Å². The Balaban J connectivity index is 1.26. The van der Waals surface area contributed by atoms with Crippen LogP contribution in [0.5, 0.6) is 0 Å². The van der Waals surface area contributed by atoms with E-state index in [-0.39, 0.29) is 10.3 Å². The van der Waals surface area contributed by atoms with Crippen molar-refractivity contribution in [2.24, 2.45) is 5.41 Å². The number of nitrogens with one attached hydrogen (secondary N) is 1. The van der Waals surface area contributed by atoms with Gasteiger partial charge in [0.2, 0.25) is 0 Å². The highest BCUT2D eigenvalue weighted by Crippen LogP contribution is 2.50. The van der Waals surface area contributed by atoms with Gasteiger partial charge in [-0.05, 0) is 42.9 Å². The maximum absolute atomic E-state index is 12.8. The Kier molecular flexibility index (Phi) is 4.73. The van der Waals surface area contributed by atoms with E-state index in [4.69, 9.17) is 5.26 Å². The van der Waals surface area contributed by atoms with E-state index in [9.17, 15) is 13.2 Å². The van der Waals surface area contributed by atoms with Gasteiger partial charge >= 0.3 is 6.18 Å². The predicted octanol–water partition coefficient (Wildman–Crippen LogP) is 4.53. The monoisotopic (exact) mass is 444 g/mol. The smallest absolute Gasteiger partial charge is 0.381 e. The average Bonchev–Trinajstić information content (AvgIpc) is 3.31. The van der Waals surface area contributed by atoms with Gasteiger partial charge in [0.15, 0.2) is 0 Å². The lowest BCUT2D eigenvalue weighted by atomic mass is 9.65. The van der Waals surface area contributed by atoms with Gasteiger partial charge in [-0.3, -0.25) is 0 Å². The first-order valence-electron chi connectivity index (χ1n) is 10.0. The van der Waals surface area contributed by atoms with Gasteiger partial charge in [-0.2, -0.15) is 18.4 Å². The molecule has 6 nitrogen and oxygen atoms in total. The number of halogens is 3. The molecular formula is C21H19F3N6S. The summed E-state index contributed by atoms with van der Waals surface area (Å²) >= 11 is 1.09. The van der Waals surface area contributed by atoms with Crippen LogP contribution in [0.3, 0.4) is 0 Å². The van der Waals surface area contributed by atoms with Crippen LogP contribution in [-0.2, 0) is 6.42 Å². The minimum absolute atomic E-state index is 0.194. The van der Waals surface area contributed by atoms with Gasteiger partial charge in [0.25, 0.3) is 0 Å². The van der Waals surface area contributed by atoms with Crippen LogP contribution >= 0.6 is 11.3 Å². The molecule has 10 heteroatoms. The third-order valence-corrected chi connectivity index (χ3v) is 7.12. The lowest BCUT2D eigenvalue weighted by Gasteiger charge is -2.45. The molecule has 2 aliphatic rings. The second kappa shape index (κ2) is 7.34. The fourth-order valence-electron chi connectivity index (χ4n) is 4.75. The number of nitrogens with zero attached hydrogens (tertiary/aromatic N) is 5. The molecule has 1 aliphatic heterocycles. The number of nitriles is 1. The topological polar surface area (TPSA) is 77.7 Å². The molecule has 1 saturated heterocycles. The molecule has 5 rings (SSSR count). The Bertz CT molecular complexity index is 1140. The van der Waals surface area contributed by atoms with Crippen molar-refractivity contribution in [2.45, 2.75) is 37.9 Å². The number of rotatable bonds is 4. The minimum Gasteiger partial charge on any atom is -0.381 e. The second-order valence-electron chi connectivity index (χ2n) is 8.39. The van der Waals surface area contributed by atoms with E-state index in [2.05, 4.69) is 25.2 Å². The van der Waals surface area contributed by atoms with Crippen molar-refractivity contribution in [3.63, 3.8) is 0 Å². The number of pyridine rings is 1. The summed E-state index contributed by atoms with van der Waals surface area (Å²) in [4.78, 5) is 15.7. The summed E-state index contributed by atoms with van der Waals surface area (Å²) in [5.41, 5.74) is 1.49. The zero-order valence-corrected chi connectivity index (χ0v) is 17.3. The van der Waals surface area contributed by atoms with E-state index < -0.39 is 12.6 Å². The quantitative estimate of drug-likeness (QED) is 0.637. The maximum atomic E-state index is 12.8. The molecule has 0 unspecified atom stereocenters. The normalized spacial score (nSPS) is 23.2. The molecule has 2 fully saturated rings. The van der Waals surface area contributed by atoms with Gasteiger partial charge in [-0.1, -0.05) is 0 Å². The van der Waals surface area contributed by atoms with Crippen LogP contribution in [0.1, 0.15) is 29.8 Å². The fraction of sp³-hybridized carbons (Fsp3) is 0.429. The number of hydrogen-bond acceptors (Lipinski definition) is 7. The van der Waals surface area contributed by atoms with Crippen LogP contribution in [0, 0.1) is 16.7 Å². The largest absolute Gasteiger partial charge is 0.393 e. The second-order valence-corrected chi connectivity index (χ2v) is 9.50. The van der Waals surface area contributed by atoms with Gasteiger partial charge < -0.3 is 10.2 Å². The number of aromatic nitrogens is 3. The lowest BCUT2D eigenvalue weighted by molar-refractivity contribution is -0.126. The van der Waals surface area contributed by atoms with Crippen molar-refractivity contribution in [1.82, 2.24) is 15.0 Å². The van der Waals surface area contributed by atoms with Crippen molar-refractivity contribution in [2.75, 3.05) is 23.3 Å². The summed E-state index contributed by atoms with van der Waals surface area (Å²) in [6.07, 6.45) is 1.01. The highest BCUT2D eigenvalue weighted by molar-refractivity contribution is 7.18. The number of fused-ring (bicyclic) bond motifs is 1. The molecule has 3 aromatic rings. The maximum Gasteiger partial charge on any atom is 0.393 e. The molecule has 0 aromatic carbocycles. The van der Waals surface area contributed by atoms with E-state index in [0.29, 0.717) is 22.0 Å². The van der Waals surface area contributed by atoms with Crippen LogP contribution in [0.4, 0.5) is 24.7 Å². The van der Waals surface area contributed by atoms with Crippen molar-refractivity contribution in [3.8, 4) is 6.07 Å². The van der Waals surface area contributed by atoms with Crippen molar-refractivity contribution in [3.05, 3.63) is 41.3 Å². The highest BCUT2D eigenvalue weighted by Gasteiger charge is 2.49. The zero-order chi connectivity index (χ0) is 21.6. The molecule has 1 spiro atoms. The summed E-state index contributed by atoms with van der Waals surface area (Å²) in [7, 11) is 0. The predicted molar refractivity (Wildman–Crippen MR) is 112 cm³/mol. The summed E-state index contributed by atoms with van der Waals surface area (Å²) in [6.45, 7) is 1.68. The average molecular weight is 444 g/mol. The van der Waals surface area contributed by atoms with Gasteiger partial charge in [-0.25, -0.2) is 15.0 Å². The van der Waals surface area contributed by atoms with Crippen molar-refractivity contribution < 1.29 is 13.2 Å². The van der Waals surface area contributed by atoms with E-state index in [0.717, 1.165) is 55.2 Å². The number of anilines is 2. The molecule has 4 heterocycles. The third-order valence-electron chi connectivity index (χ3n) is 6.08. The van der Waals surface area contributed by atoms with E-state index in [1.165, 1.54) is 6.33 Å². The SMILES string of the molecule is N#Cc1ccc(NC2CC3(CCN(c4ncnc5sc(CC(F)(F)F)cc45)C3)C2)cn1. The van der Waals surface area contributed by atoms with Crippen LogP contribution in [0.2, 0.25) is 0 Å². The van der Waals surface area contributed by atoms with E-state index >= 15 is 0 Å². The first-order chi connectivity index (χ1) is 14.8. The minimum atomic E-state index is -4.23. The van der Waals surface area contributed by atoms with Crippen molar-refractivity contribution in [1.29, 1.82) is 5.26 Å². The first kappa shape index (κ1) is 20.0. The van der Waals surface area contributed by atoms with Gasteiger partial charge in [0.05, 0.1) is 23.7 Å². The molecule has 1 saturated carbocycles. The molecule has 0 bridgehead atoms. The molecule has 1 N–H and O–H groups in total. The molecule has 1 aliphatic carbocycles. The Morgan fingerprint density at radius 2 is 2.10 bits per heavy atom. The van der Waals surface area contributed by atoms with Gasteiger partial charge in [0, 0.05) is 24.0 Å². The van der Waals surface area contributed by atoms with E-state index in [1.54, 1.807) is 18.3 Å². The van der Waals surface area contributed by atoms with Crippen LogP contribution in [0.15, 0.2) is 30.7 Å². The van der Waals surface area contributed by atoms with Crippen LogP contribution < -0.4 is 10.2 Å². The van der Waals surface area contributed by atoms with Crippen LogP contribution in [0.25, 0.3) is 10.2 Å². The number of thiophene rings is 1. The molecule has 0 atom stereocenters. The molecule has 0 amide bonds.